The molecule has 0 amide bonds. The highest BCUT2D eigenvalue weighted by molar-refractivity contribution is 5.76. The van der Waals surface area contributed by atoms with Crippen molar-refractivity contribution in [3.05, 3.63) is 64.1 Å². The van der Waals surface area contributed by atoms with Crippen LogP contribution in [0.25, 0.3) is 11.1 Å². The smallest absolute Gasteiger partial charge is 0.408 e. The number of hydrogen-bond acceptors (Lipinski definition) is 3. The lowest BCUT2D eigenvalue weighted by atomic mass is 10.1. The van der Waals surface area contributed by atoms with Crippen molar-refractivity contribution < 1.29 is 13.2 Å². The number of H-pyrrole nitrogens is 1. The summed E-state index contributed by atoms with van der Waals surface area (Å²) in [6, 6.07) is 7.90. The van der Waals surface area contributed by atoms with E-state index in [0.717, 1.165) is 18.2 Å². The van der Waals surface area contributed by atoms with Crippen LogP contribution in [-0.4, -0.2) is 4.98 Å². The lowest BCUT2D eigenvalue weighted by Crippen LogP contribution is -2.09. The van der Waals surface area contributed by atoms with Gasteiger partial charge in [0, 0.05) is 11.3 Å². The van der Waals surface area contributed by atoms with Crippen LogP contribution in [-0.2, 0) is 0 Å². The number of nitrogens with one attached hydrogen (secondary N) is 2. The molecule has 1 aromatic heterocycles. The second-order valence-electron chi connectivity index (χ2n) is 4.76. The molecule has 1 atom stereocenters. The molecule has 0 saturated heterocycles. The van der Waals surface area contributed by atoms with Gasteiger partial charge >= 0.3 is 5.76 Å². The molecule has 108 valence electrons. The van der Waals surface area contributed by atoms with Crippen LogP contribution in [0.3, 0.4) is 0 Å². The van der Waals surface area contributed by atoms with Gasteiger partial charge in [-0.15, -0.1) is 0 Å². The van der Waals surface area contributed by atoms with Crippen molar-refractivity contribution in [2.45, 2.75) is 13.0 Å². The Hall–Kier alpha value is -2.63. The monoisotopic (exact) mass is 290 g/mol. The fraction of sp³-hybridized carbons (Fsp3) is 0.133. The zero-order chi connectivity index (χ0) is 15.0. The van der Waals surface area contributed by atoms with Gasteiger partial charge in [-0.25, -0.2) is 13.6 Å². The van der Waals surface area contributed by atoms with E-state index in [1.807, 2.05) is 0 Å². The fourth-order valence-electron chi connectivity index (χ4n) is 2.22. The molecule has 3 rings (SSSR count). The quantitative estimate of drug-likeness (QED) is 0.775. The zero-order valence-electron chi connectivity index (χ0n) is 11.1. The Kier molecular flexibility index (Phi) is 3.21. The van der Waals surface area contributed by atoms with Gasteiger partial charge in [0.1, 0.15) is 11.6 Å². The molecule has 0 aliphatic carbocycles. The van der Waals surface area contributed by atoms with E-state index in [4.69, 9.17) is 4.42 Å². The standard InChI is InChI=1S/C15H12F2N2O2/c1-8(11-6-9(16)2-4-12(11)17)18-10-3-5-14-13(7-10)19-15(20)21-14/h2-8,18H,1H3,(H,19,20). The minimum atomic E-state index is -0.536. The summed E-state index contributed by atoms with van der Waals surface area (Å²) in [5, 5.41) is 3.06. The van der Waals surface area contributed by atoms with E-state index < -0.39 is 23.4 Å². The summed E-state index contributed by atoms with van der Waals surface area (Å²) in [6.07, 6.45) is 0. The summed E-state index contributed by atoms with van der Waals surface area (Å²) in [5.41, 5.74) is 1.87. The number of rotatable bonds is 3. The van der Waals surface area contributed by atoms with Gasteiger partial charge in [-0.05, 0) is 43.3 Å². The van der Waals surface area contributed by atoms with Crippen LogP contribution in [0.15, 0.2) is 45.6 Å². The summed E-state index contributed by atoms with van der Waals surface area (Å²) < 4.78 is 31.8. The number of fused-ring (bicyclic) bond motifs is 1. The molecular weight excluding hydrogens is 278 g/mol. The maximum atomic E-state index is 13.7. The number of aromatic nitrogens is 1. The van der Waals surface area contributed by atoms with Gasteiger partial charge in [0.15, 0.2) is 5.58 Å². The number of hydrogen-bond donors (Lipinski definition) is 2. The first-order valence-corrected chi connectivity index (χ1v) is 6.37. The topological polar surface area (TPSA) is 58.0 Å². The molecule has 3 aromatic rings. The molecule has 6 heteroatoms. The largest absolute Gasteiger partial charge is 0.417 e. The average Bonchev–Trinajstić information content (AvgIpc) is 2.80. The van der Waals surface area contributed by atoms with Crippen molar-refractivity contribution in [1.29, 1.82) is 0 Å². The lowest BCUT2D eigenvalue weighted by Gasteiger charge is -2.16. The van der Waals surface area contributed by atoms with E-state index in [9.17, 15) is 13.6 Å². The van der Waals surface area contributed by atoms with Crippen molar-refractivity contribution in [3.63, 3.8) is 0 Å². The van der Waals surface area contributed by atoms with Crippen molar-refractivity contribution in [1.82, 2.24) is 4.98 Å². The first-order valence-electron chi connectivity index (χ1n) is 6.37. The maximum absolute atomic E-state index is 13.7. The van der Waals surface area contributed by atoms with Crippen LogP contribution < -0.4 is 11.1 Å². The Morgan fingerprint density at radius 1 is 1.19 bits per heavy atom. The summed E-state index contributed by atoms with van der Waals surface area (Å²) in [6.45, 7) is 1.72. The minimum absolute atomic E-state index is 0.232. The van der Waals surface area contributed by atoms with Gasteiger partial charge in [-0.3, -0.25) is 4.98 Å². The molecule has 21 heavy (non-hydrogen) atoms. The van der Waals surface area contributed by atoms with Crippen LogP contribution >= 0.6 is 0 Å². The normalized spacial score (nSPS) is 12.5. The molecule has 0 aliphatic rings. The lowest BCUT2D eigenvalue weighted by molar-refractivity contribution is 0.555. The highest BCUT2D eigenvalue weighted by atomic mass is 19.1. The van der Waals surface area contributed by atoms with Crippen molar-refractivity contribution >= 4 is 16.8 Å². The predicted molar refractivity (Wildman–Crippen MR) is 75.2 cm³/mol. The molecule has 2 aromatic carbocycles. The van der Waals surface area contributed by atoms with E-state index in [2.05, 4.69) is 10.3 Å². The molecule has 0 aliphatic heterocycles. The number of halogens is 2. The number of aromatic amines is 1. The number of benzene rings is 2. The Balaban J connectivity index is 1.90. The highest BCUT2D eigenvalue weighted by Crippen LogP contribution is 2.24. The van der Waals surface area contributed by atoms with Gasteiger partial charge in [0.25, 0.3) is 0 Å². The second-order valence-corrected chi connectivity index (χ2v) is 4.76. The molecular formula is C15H12F2N2O2. The van der Waals surface area contributed by atoms with Gasteiger partial charge in [0.2, 0.25) is 0 Å². The molecule has 4 nitrogen and oxygen atoms in total. The third kappa shape index (κ3) is 2.65. The highest BCUT2D eigenvalue weighted by Gasteiger charge is 2.12. The molecule has 1 heterocycles. The third-order valence-electron chi connectivity index (χ3n) is 3.23. The fourth-order valence-corrected chi connectivity index (χ4v) is 2.22. The van der Waals surface area contributed by atoms with E-state index in [1.54, 1.807) is 25.1 Å². The first kappa shape index (κ1) is 13.4. The van der Waals surface area contributed by atoms with E-state index in [0.29, 0.717) is 16.8 Å². The summed E-state index contributed by atoms with van der Waals surface area (Å²) in [7, 11) is 0. The van der Waals surface area contributed by atoms with Crippen LogP contribution in [0.5, 0.6) is 0 Å². The molecule has 0 bridgehead atoms. The maximum Gasteiger partial charge on any atom is 0.417 e. The zero-order valence-corrected chi connectivity index (χ0v) is 11.1. The van der Waals surface area contributed by atoms with Crippen LogP contribution in [0.2, 0.25) is 0 Å². The predicted octanol–water partition coefficient (Wildman–Crippen LogP) is 3.57. The van der Waals surface area contributed by atoms with Gasteiger partial charge in [0.05, 0.1) is 11.6 Å². The van der Waals surface area contributed by atoms with Crippen molar-refractivity contribution in [2.24, 2.45) is 0 Å². The number of oxazole rings is 1. The molecule has 0 spiro atoms. The SMILES string of the molecule is CC(Nc1ccc2oc(=O)[nH]c2c1)c1cc(F)ccc1F. The van der Waals surface area contributed by atoms with Gasteiger partial charge in [-0.1, -0.05) is 0 Å². The molecule has 0 radical (unpaired) electrons. The minimum Gasteiger partial charge on any atom is -0.408 e. The average molecular weight is 290 g/mol. The van der Waals surface area contributed by atoms with Gasteiger partial charge < -0.3 is 9.73 Å². The van der Waals surface area contributed by atoms with Crippen LogP contribution in [0.4, 0.5) is 14.5 Å². The Morgan fingerprint density at radius 2 is 2.00 bits per heavy atom. The first-order chi connectivity index (χ1) is 10.0. The Morgan fingerprint density at radius 3 is 2.81 bits per heavy atom. The van der Waals surface area contributed by atoms with Gasteiger partial charge in [-0.2, -0.15) is 0 Å². The second kappa shape index (κ2) is 5.05. The Labute approximate surface area is 118 Å². The van der Waals surface area contributed by atoms with Crippen LogP contribution in [0, 0.1) is 11.6 Å². The number of anilines is 1. The molecule has 0 fully saturated rings. The third-order valence-corrected chi connectivity index (χ3v) is 3.23. The molecule has 0 saturated carbocycles. The summed E-state index contributed by atoms with van der Waals surface area (Å²) in [5.74, 6) is -1.50. The summed E-state index contributed by atoms with van der Waals surface area (Å²) >= 11 is 0. The van der Waals surface area contributed by atoms with Crippen LogP contribution in [0.1, 0.15) is 18.5 Å². The van der Waals surface area contributed by atoms with E-state index in [1.165, 1.54) is 0 Å². The van der Waals surface area contributed by atoms with E-state index in [-0.39, 0.29) is 5.56 Å². The summed E-state index contributed by atoms with van der Waals surface area (Å²) in [4.78, 5) is 13.6. The van der Waals surface area contributed by atoms with Crippen molar-refractivity contribution in [2.75, 3.05) is 5.32 Å². The van der Waals surface area contributed by atoms with Crippen molar-refractivity contribution in [3.8, 4) is 0 Å². The molecule has 2 N–H and O–H groups in total. The molecule has 1 unspecified atom stereocenters. The van der Waals surface area contributed by atoms with E-state index >= 15 is 0 Å². The Bertz CT molecular complexity index is 854.